The molecule has 0 spiro atoms. The van der Waals surface area contributed by atoms with E-state index in [0.717, 1.165) is 29.8 Å². The smallest absolute Gasteiger partial charge is 0.307 e. The van der Waals surface area contributed by atoms with Gasteiger partial charge < -0.3 is 10.4 Å². The van der Waals surface area contributed by atoms with Crippen molar-refractivity contribution < 1.29 is 14.7 Å². The molecule has 2 fully saturated rings. The van der Waals surface area contributed by atoms with Crippen molar-refractivity contribution >= 4 is 39.7 Å². The summed E-state index contributed by atoms with van der Waals surface area (Å²) >= 11 is 2.98. The van der Waals surface area contributed by atoms with Gasteiger partial charge in [0.2, 0.25) is 5.91 Å². The van der Waals surface area contributed by atoms with E-state index < -0.39 is 17.8 Å². The number of aliphatic carboxylic acids is 1. The summed E-state index contributed by atoms with van der Waals surface area (Å²) in [5.41, 5.74) is 0.850. The molecule has 0 radical (unpaired) electrons. The zero-order valence-corrected chi connectivity index (χ0v) is 13.9. The summed E-state index contributed by atoms with van der Waals surface area (Å²) in [5, 5.41) is 16.7. The molecular weight excluding hydrogens is 332 g/mol. The van der Waals surface area contributed by atoms with Crippen LogP contribution in [0.4, 0.5) is 5.13 Å². The van der Waals surface area contributed by atoms with Gasteiger partial charge in [0, 0.05) is 5.38 Å². The molecule has 5 nitrogen and oxygen atoms in total. The van der Waals surface area contributed by atoms with Crippen LogP contribution < -0.4 is 5.32 Å². The Morgan fingerprint density at radius 2 is 2.00 bits per heavy atom. The average molecular weight is 348 g/mol. The Balaban J connectivity index is 1.51. The highest BCUT2D eigenvalue weighted by atomic mass is 32.1. The number of carbonyl (C=O) groups excluding carboxylic acids is 1. The minimum Gasteiger partial charge on any atom is -0.481 e. The molecule has 2 heterocycles. The fraction of sp³-hybridized carbons (Fsp3) is 0.438. The quantitative estimate of drug-likeness (QED) is 0.885. The van der Waals surface area contributed by atoms with Crippen LogP contribution in [0.15, 0.2) is 22.9 Å². The molecule has 2 aromatic rings. The molecule has 120 valence electrons. The normalized spacial score (nSPS) is 28.9. The number of amides is 1. The summed E-state index contributed by atoms with van der Waals surface area (Å²) in [4.78, 5) is 29.6. The van der Waals surface area contributed by atoms with Crippen LogP contribution in [0.25, 0.3) is 10.6 Å². The second kappa shape index (κ2) is 5.72. The molecule has 1 amide bonds. The van der Waals surface area contributed by atoms with E-state index in [1.54, 1.807) is 11.3 Å². The first-order valence-electron chi connectivity index (χ1n) is 7.66. The molecule has 2 bridgehead atoms. The number of thiazole rings is 1. The first-order valence-corrected chi connectivity index (χ1v) is 9.42. The highest BCUT2D eigenvalue weighted by Crippen LogP contribution is 2.52. The van der Waals surface area contributed by atoms with Crippen molar-refractivity contribution in [2.45, 2.75) is 19.3 Å². The lowest BCUT2D eigenvalue weighted by molar-refractivity contribution is -0.148. The zero-order valence-electron chi connectivity index (χ0n) is 12.3. The number of fused-ring (bicyclic) bond motifs is 2. The monoisotopic (exact) mass is 348 g/mol. The Kier molecular flexibility index (Phi) is 3.69. The number of rotatable bonds is 4. The van der Waals surface area contributed by atoms with Crippen molar-refractivity contribution in [3.63, 3.8) is 0 Å². The SMILES string of the molecule is O=C(O)[C@@H]1[C@H]2CC[C@@H](C2)[C@H]1C(=O)Nc1nc(-c2cccs2)cs1. The highest BCUT2D eigenvalue weighted by Gasteiger charge is 2.54. The van der Waals surface area contributed by atoms with Gasteiger partial charge in [-0.15, -0.1) is 22.7 Å². The van der Waals surface area contributed by atoms with Crippen LogP contribution >= 0.6 is 22.7 Å². The highest BCUT2D eigenvalue weighted by molar-refractivity contribution is 7.16. The molecule has 2 N–H and O–H groups in total. The van der Waals surface area contributed by atoms with Gasteiger partial charge in [0.05, 0.1) is 22.4 Å². The predicted molar refractivity (Wildman–Crippen MR) is 89.5 cm³/mol. The Morgan fingerprint density at radius 1 is 1.22 bits per heavy atom. The summed E-state index contributed by atoms with van der Waals surface area (Å²) in [6, 6.07) is 3.95. The first-order chi connectivity index (χ1) is 11.1. The lowest BCUT2D eigenvalue weighted by Crippen LogP contribution is -2.37. The van der Waals surface area contributed by atoms with E-state index in [1.807, 2.05) is 22.9 Å². The molecule has 23 heavy (non-hydrogen) atoms. The minimum absolute atomic E-state index is 0.159. The Morgan fingerprint density at radius 3 is 2.70 bits per heavy atom. The van der Waals surface area contributed by atoms with Gasteiger partial charge in [-0.2, -0.15) is 0 Å². The topological polar surface area (TPSA) is 79.3 Å². The molecule has 0 aliphatic heterocycles. The Bertz CT molecular complexity index is 740. The van der Waals surface area contributed by atoms with Crippen LogP contribution in [-0.4, -0.2) is 22.0 Å². The van der Waals surface area contributed by atoms with Crippen molar-refractivity contribution in [3.05, 3.63) is 22.9 Å². The van der Waals surface area contributed by atoms with Gasteiger partial charge in [-0.1, -0.05) is 6.07 Å². The number of nitrogens with zero attached hydrogens (tertiary/aromatic N) is 1. The van der Waals surface area contributed by atoms with Gasteiger partial charge in [-0.25, -0.2) is 4.98 Å². The number of thiophene rings is 1. The number of hydrogen-bond donors (Lipinski definition) is 2. The van der Waals surface area contributed by atoms with E-state index in [0.29, 0.717) is 5.13 Å². The molecule has 2 saturated carbocycles. The Hall–Kier alpha value is -1.73. The number of anilines is 1. The third-order valence-corrected chi connectivity index (χ3v) is 6.66. The zero-order chi connectivity index (χ0) is 16.0. The molecule has 7 heteroatoms. The van der Waals surface area contributed by atoms with E-state index in [9.17, 15) is 14.7 Å². The summed E-state index contributed by atoms with van der Waals surface area (Å²) in [5.74, 6) is -1.61. The van der Waals surface area contributed by atoms with Gasteiger partial charge in [0.25, 0.3) is 0 Å². The molecule has 2 aromatic heterocycles. The summed E-state index contributed by atoms with van der Waals surface area (Å²) < 4.78 is 0. The fourth-order valence-electron chi connectivity index (χ4n) is 4.08. The second-order valence-electron chi connectivity index (χ2n) is 6.23. The van der Waals surface area contributed by atoms with Crippen LogP contribution in [0.2, 0.25) is 0 Å². The number of nitrogens with one attached hydrogen (secondary N) is 1. The third kappa shape index (κ3) is 2.57. The van der Waals surface area contributed by atoms with Crippen molar-refractivity contribution in [1.29, 1.82) is 0 Å². The molecular formula is C16H16N2O3S2. The van der Waals surface area contributed by atoms with E-state index >= 15 is 0 Å². The predicted octanol–water partition coefficient (Wildman–Crippen LogP) is 3.56. The standard InChI is InChI=1S/C16H16N2O3S2/c19-14(12-8-3-4-9(6-8)13(12)15(20)21)18-16-17-10(7-23-16)11-2-1-5-22-11/h1-2,5,7-9,12-13H,3-4,6H2,(H,20,21)(H,17,18,19)/t8-,9-,12+,13+/m0/s1. The number of carboxylic acid groups (broad SMARTS) is 1. The van der Waals surface area contributed by atoms with E-state index in [-0.39, 0.29) is 17.7 Å². The van der Waals surface area contributed by atoms with Gasteiger partial charge in [-0.05, 0) is 42.5 Å². The first kappa shape index (κ1) is 14.8. The van der Waals surface area contributed by atoms with Crippen LogP contribution in [0.1, 0.15) is 19.3 Å². The lowest BCUT2D eigenvalue weighted by atomic mass is 9.79. The number of aromatic nitrogens is 1. The maximum atomic E-state index is 12.6. The fourth-order valence-corrected chi connectivity index (χ4v) is 5.56. The molecule has 4 rings (SSSR count). The molecule has 4 atom stereocenters. The van der Waals surface area contributed by atoms with Crippen LogP contribution in [0.3, 0.4) is 0 Å². The van der Waals surface area contributed by atoms with Crippen molar-refractivity contribution in [3.8, 4) is 10.6 Å². The molecule has 2 aliphatic carbocycles. The van der Waals surface area contributed by atoms with Crippen molar-refractivity contribution in [2.75, 3.05) is 5.32 Å². The number of carbonyl (C=O) groups is 2. The maximum absolute atomic E-state index is 12.6. The van der Waals surface area contributed by atoms with Gasteiger partial charge >= 0.3 is 5.97 Å². The van der Waals surface area contributed by atoms with Gasteiger partial charge in [0.1, 0.15) is 0 Å². The molecule has 0 saturated heterocycles. The van der Waals surface area contributed by atoms with E-state index in [4.69, 9.17) is 0 Å². The summed E-state index contributed by atoms with van der Waals surface area (Å²) in [7, 11) is 0. The minimum atomic E-state index is -0.837. The van der Waals surface area contributed by atoms with Crippen LogP contribution in [0.5, 0.6) is 0 Å². The molecule has 2 aliphatic rings. The van der Waals surface area contributed by atoms with Crippen molar-refractivity contribution in [1.82, 2.24) is 4.98 Å². The van der Waals surface area contributed by atoms with E-state index in [1.165, 1.54) is 11.3 Å². The second-order valence-corrected chi connectivity index (χ2v) is 8.03. The van der Waals surface area contributed by atoms with Crippen LogP contribution in [-0.2, 0) is 9.59 Å². The van der Waals surface area contributed by atoms with Crippen molar-refractivity contribution in [2.24, 2.45) is 23.7 Å². The van der Waals surface area contributed by atoms with Gasteiger partial charge in [0.15, 0.2) is 5.13 Å². The Labute approximate surface area is 141 Å². The third-order valence-electron chi connectivity index (χ3n) is 5.01. The van der Waals surface area contributed by atoms with Crippen LogP contribution in [0, 0.1) is 23.7 Å². The number of carboxylic acids is 1. The molecule has 0 aromatic carbocycles. The number of hydrogen-bond acceptors (Lipinski definition) is 5. The lowest BCUT2D eigenvalue weighted by Gasteiger charge is -2.26. The summed E-state index contributed by atoms with van der Waals surface area (Å²) in [6.07, 6.45) is 2.77. The average Bonchev–Trinajstić information content (AvgIpc) is 3.28. The maximum Gasteiger partial charge on any atom is 0.307 e. The van der Waals surface area contributed by atoms with Gasteiger partial charge in [-0.3, -0.25) is 9.59 Å². The molecule has 0 unspecified atom stereocenters. The summed E-state index contributed by atoms with van der Waals surface area (Å²) in [6.45, 7) is 0. The van der Waals surface area contributed by atoms with E-state index in [2.05, 4.69) is 10.3 Å². The largest absolute Gasteiger partial charge is 0.481 e.